The van der Waals surface area contributed by atoms with E-state index in [-0.39, 0.29) is 11.4 Å². The SMILES string of the molecule is Nc1cccc(Nc2ccc3ccccc3c2)c1[N+](=O)[O-]. The van der Waals surface area contributed by atoms with Crippen LogP contribution in [-0.4, -0.2) is 4.92 Å². The Morgan fingerprint density at radius 2 is 1.71 bits per heavy atom. The monoisotopic (exact) mass is 279 g/mol. The molecule has 0 aliphatic heterocycles. The first kappa shape index (κ1) is 12.9. The number of nitro benzene ring substituents is 1. The molecule has 0 atom stereocenters. The Morgan fingerprint density at radius 3 is 2.48 bits per heavy atom. The summed E-state index contributed by atoms with van der Waals surface area (Å²) in [7, 11) is 0. The Morgan fingerprint density at radius 1 is 0.952 bits per heavy atom. The molecular weight excluding hydrogens is 266 g/mol. The number of hydrogen-bond donors (Lipinski definition) is 2. The van der Waals surface area contributed by atoms with Crippen molar-refractivity contribution in [2.24, 2.45) is 0 Å². The first-order valence-corrected chi connectivity index (χ1v) is 6.44. The lowest BCUT2D eigenvalue weighted by atomic mass is 10.1. The van der Waals surface area contributed by atoms with Crippen LogP contribution in [0.1, 0.15) is 0 Å². The summed E-state index contributed by atoms with van der Waals surface area (Å²) in [5.74, 6) is 0. The molecule has 3 rings (SSSR count). The molecule has 0 bridgehead atoms. The molecule has 3 aromatic rings. The van der Waals surface area contributed by atoms with Crippen molar-refractivity contribution >= 4 is 33.5 Å². The van der Waals surface area contributed by atoms with E-state index in [9.17, 15) is 10.1 Å². The Labute approximate surface area is 121 Å². The number of hydrogen-bond acceptors (Lipinski definition) is 4. The summed E-state index contributed by atoms with van der Waals surface area (Å²) in [5, 5.41) is 16.4. The molecule has 21 heavy (non-hydrogen) atoms. The van der Waals surface area contributed by atoms with E-state index in [1.54, 1.807) is 12.1 Å². The molecule has 0 spiro atoms. The van der Waals surface area contributed by atoms with Gasteiger partial charge in [-0.05, 0) is 35.0 Å². The smallest absolute Gasteiger partial charge is 0.315 e. The highest BCUT2D eigenvalue weighted by Crippen LogP contribution is 2.33. The van der Waals surface area contributed by atoms with Crippen LogP contribution in [0.3, 0.4) is 0 Å². The van der Waals surface area contributed by atoms with Crippen LogP contribution in [0.5, 0.6) is 0 Å². The van der Waals surface area contributed by atoms with E-state index in [1.807, 2.05) is 42.5 Å². The number of nitrogens with zero attached hydrogens (tertiary/aromatic N) is 1. The van der Waals surface area contributed by atoms with Gasteiger partial charge in [0.1, 0.15) is 11.4 Å². The maximum absolute atomic E-state index is 11.1. The van der Waals surface area contributed by atoms with Gasteiger partial charge in [0.15, 0.2) is 0 Å². The second-order valence-corrected chi connectivity index (χ2v) is 4.69. The van der Waals surface area contributed by atoms with Crippen molar-refractivity contribution in [1.82, 2.24) is 0 Å². The van der Waals surface area contributed by atoms with E-state index >= 15 is 0 Å². The third kappa shape index (κ3) is 2.49. The van der Waals surface area contributed by atoms with Crippen LogP contribution < -0.4 is 11.1 Å². The lowest BCUT2D eigenvalue weighted by molar-refractivity contribution is -0.383. The van der Waals surface area contributed by atoms with Gasteiger partial charge in [-0.3, -0.25) is 10.1 Å². The van der Waals surface area contributed by atoms with Crippen LogP contribution in [0.2, 0.25) is 0 Å². The molecule has 0 radical (unpaired) electrons. The molecule has 5 heteroatoms. The van der Waals surface area contributed by atoms with E-state index in [2.05, 4.69) is 5.32 Å². The van der Waals surface area contributed by atoms with E-state index in [0.717, 1.165) is 16.5 Å². The standard InChI is InChI=1S/C16H13N3O2/c17-14-6-3-7-15(16(14)19(20)21)18-13-9-8-11-4-1-2-5-12(11)10-13/h1-10,18H,17H2. The predicted octanol–water partition coefficient (Wildman–Crippen LogP) is 4.07. The molecule has 3 N–H and O–H groups in total. The summed E-state index contributed by atoms with van der Waals surface area (Å²) in [4.78, 5) is 10.7. The normalized spacial score (nSPS) is 10.5. The van der Waals surface area contributed by atoms with Gasteiger partial charge < -0.3 is 11.1 Å². The Balaban J connectivity index is 2.02. The molecular formula is C16H13N3O2. The lowest BCUT2D eigenvalue weighted by Gasteiger charge is -2.09. The van der Waals surface area contributed by atoms with Gasteiger partial charge in [-0.25, -0.2) is 0 Å². The summed E-state index contributed by atoms with van der Waals surface area (Å²) < 4.78 is 0. The number of fused-ring (bicyclic) bond motifs is 1. The third-order valence-corrected chi connectivity index (χ3v) is 3.28. The summed E-state index contributed by atoms with van der Waals surface area (Å²) in [6.07, 6.45) is 0. The molecule has 0 heterocycles. The van der Waals surface area contributed by atoms with Gasteiger partial charge in [-0.1, -0.05) is 36.4 Å². The number of para-hydroxylation sites is 1. The van der Waals surface area contributed by atoms with Crippen molar-refractivity contribution in [3.63, 3.8) is 0 Å². The maximum Gasteiger partial charge on any atom is 0.315 e. The number of nitrogens with one attached hydrogen (secondary N) is 1. The topological polar surface area (TPSA) is 81.2 Å². The van der Waals surface area contributed by atoms with Gasteiger partial charge in [0.05, 0.1) is 4.92 Å². The second kappa shape index (κ2) is 5.13. The highest BCUT2D eigenvalue weighted by Gasteiger charge is 2.17. The fourth-order valence-electron chi connectivity index (χ4n) is 2.29. The molecule has 0 saturated carbocycles. The minimum absolute atomic E-state index is 0.106. The summed E-state index contributed by atoms with van der Waals surface area (Å²) in [5.41, 5.74) is 6.89. The number of anilines is 3. The number of benzene rings is 3. The predicted molar refractivity (Wildman–Crippen MR) is 84.7 cm³/mol. The van der Waals surface area contributed by atoms with Crippen molar-refractivity contribution in [1.29, 1.82) is 0 Å². The molecule has 0 fully saturated rings. The Kier molecular flexibility index (Phi) is 3.16. The quantitative estimate of drug-likeness (QED) is 0.430. The van der Waals surface area contributed by atoms with E-state index in [4.69, 9.17) is 5.73 Å². The minimum atomic E-state index is -0.473. The van der Waals surface area contributed by atoms with Gasteiger partial charge in [-0.2, -0.15) is 0 Å². The number of rotatable bonds is 3. The highest BCUT2D eigenvalue weighted by molar-refractivity contribution is 5.87. The van der Waals surface area contributed by atoms with E-state index < -0.39 is 4.92 Å². The van der Waals surface area contributed by atoms with Gasteiger partial charge in [0, 0.05) is 5.69 Å². The van der Waals surface area contributed by atoms with Gasteiger partial charge in [0.2, 0.25) is 0 Å². The lowest BCUT2D eigenvalue weighted by Crippen LogP contribution is -2.00. The fourth-order valence-corrected chi connectivity index (χ4v) is 2.29. The van der Waals surface area contributed by atoms with Gasteiger partial charge >= 0.3 is 5.69 Å². The van der Waals surface area contributed by atoms with Crippen LogP contribution in [0, 0.1) is 10.1 Å². The van der Waals surface area contributed by atoms with Crippen LogP contribution in [0.15, 0.2) is 60.7 Å². The van der Waals surface area contributed by atoms with Crippen molar-refractivity contribution < 1.29 is 4.92 Å². The zero-order chi connectivity index (χ0) is 14.8. The van der Waals surface area contributed by atoms with Crippen LogP contribution >= 0.6 is 0 Å². The van der Waals surface area contributed by atoms with Crippen molar-refractivity contribution in [2.75, 3.05) is 11.1 Å². The molecule has 0 aromatic heterocycles. The van der Waals surface area contributed by atoms with Crippen LogP contribution in [0.25, 0.3) is 10.8 Å². The zero-order valence-corrected chi connectivity index (χ0v) is 11.1. The van der Waals surface area contributed by atoms with Crippen molar-refractivity contribution in [3.05, 3.63) is 70.8 Å². The van der Waals surface area contributed by atoms with E-state index in [0.29, 0.717) is 5.69 Å². The first-order chi connectivity index (χ1) is 10.1. The summed E-state index contributed by atoms with van der Waals surface area (Å²) in [6, 6.07) is 18.6. The molecule has 0 unspecified atom stereocenters. The number of nitrogens with two attached hydrogens (primary N) is 1. The molecule has 3 aromatic carbocycles. The summed E-state index contributed by atoms with van der Waals surface area (Å²) >= 11 is 0. The molecule has 0 aliphatic rings. The zero-order valence-electron chi connectivity index (χ0n) is 11.1. The van der Waals surface area contributed by atoms with Crippen LogP contribution in [-0.2, 0) is 0 Å². The van der Waals surface area contributed by atoms with Gasteiger partial charge in [0.25, 0.3) is 0 Å². The molecule has 0 saturated heterocycles. The van der Waals surface area contributed by atoms with Crippen molar-refractivity contribution in [2.45, 2.75) is 0 Å². The van der Waals surface area contributed by atoms with E-state index in [1.165, 1.54) is 6.07 Å². The minimum Gasteiger partial charge on any atom is -0.393 e. The first-order valence-electron chi connectivity index (χ1n) is 6.44. The van der Waals surface area contributed by atoms with Crippen LogP contribution in [0.4, 0.5) is 22.7 Å². The molecule has 5 nitrogen and oxygen atoms in total. The third-order valence-electron chi connectivity index (χ3n) is 3.28. The second-order valence-electron chi connectivity index (χ2n) is 4.69. The fraction of sp³-hybridized carbons (Fsp3) is 0. The summed E-state index contributed by atoms with van der Waals surface area (Å²) in [6.45, 7) is 0. The Hall–Kier alpha value is -3.08. The molecule has 0 amide bonds. The van der Waals surface area contributed by atoms with Gasteiger partial charge in [-0.15, -0.1) is 0 Å². The Bertz CT molecular complexity index is 831. The average molecular weight is 279 g/mol. The highest BCUT2D eigenvalue weighted by atomic mass is 16.6. The maximum atomic E-state index is 11.1. The largest absolute Gasteiger partial charge is 0.393 e. The van der Waals surface area contributed by atoms with Crippen molar-refractivity contribution in [3.8, 4) is 0 Å². The molecule has 0 aliphatic carbocycles. The molecule has 104 valence electrons. The number of nitrogen functional groups attached to an aromatic ring is 1. The number of nitro groups is 1. The average Bonchev–Trinajstić information content (AvgIpc) is 2.47.